The maximum Gasteiger partial charge on any atom is 0.433 e. The average molecular weight is 863 g/mol. The molecule has 2 saturated heterocycles. The summed E-state index contributed by atoms with van der Waals surface area (Å²) in [5, 5.41) is 30.1. The van der Waals surface area contributed by atoms with Crippen LogP contribution in [-0.4, -0.2) is 97.0 Å². The molecule has 3 fully saturated rings. The van der Waals surface area contributed by atoms with Crippen molar-refractivity contribution < 1.29 is 42.6 Å². The molecule has 3 aromatic heterocycles. The van der Waals surface area contributed by atoms with Gasteiger partial charge in [-0.25, -0.2) is 15.0 Å². The Morgan fingerprint density at radius 2 is 1.64 bits per heavy atom. The van der Waals surface area contributed by atoms with Crippen LogP contribution in [0.15, 0.2) is 42.5 Å². The molecule has 324 valence electrons. The number of likely N-dealkylation sites (tertiary alicyclic amines) is 1. The molecular formula is C43H49F3N8O6S. The van der Waals surface area contributed by atoms with Crippen molar-refractivity contribution in [2.24, 2.45) is 11.8 Å². The number of nitrogens with zero attached hydrogens (tertiary/aromatic N) is 5. The first-order valence-electron chi connectivity index (χ1n) is 20.9. The first-order valence-corrected chi connectivity index (χ1v) is 21.7. The fourth-order valence-electron chi connectivity index (χ4n) is 9.11. The number of anilines is 2. The Bertz CT molecular complexity index is 2330. The van der Waals surface area contributed by atoms with Crippen molar-refractivity contribution >= 4 is 56.7 Å². The quantitative estimate of drug-likeness (QED) is 0.107. The maximum absolute atomic E-state index is 13.5. The van der Waals surface area contributed by atoms with Crippen LogP contribution in [0.25, 0.3) is 10.3 Å². The zero-order chi connectivity index (χ0) is 43.2. The number of rotatable bonds is 11. The number of hydrogen-bond donors (Lipinski definition) is 5. The highest BCUT2D eigenvalue weighted by atomic mass is 32.1. The largest absolute Gasteiger partial charge is 0.433 e. The lowest BCUT2D eigenvalue weighted by Gasteiger charge is -2.36. The number of alkyl halides is 3. The van der Waals surface area contributed by atoms with Crippen molar-refractivity contribution in [3.05, 3.63) is 75.7 Å². The molecule has 61 heavy (non-hydrogen) atoms. The molecule has 5 N–H and O–H groups in total. The number of carbonyl (C=O) groups is 4. The molecule has 4 aliphatic rings. The highest BCUT2D eigenvalue weighted by molar-refractivity contribution is 7.18. The Morgan fingerprint density at radius 3 is 2.34 bits per heavy atom. The van der Waals surface area contributed by atoms with Crippen LogP contribution in [0.1, 0.15) is 125 Å². The summed E-state index contributed by atoms with van der Waals surface area (Å²) in [5.74, 6) is -1.02. The van der Waals surface area contributed by atoms with Gasteiger partial charge >= 0.3 is 6.18 Å². The lowest BCUT2D eigenvalue weighted by Crippen LogP contribution is -2.55. The van der Waals surface area contributed by atoms with Gasteiger partial charge in [-0.15, -0.1) is 11.3 Å². The summed E-state index contributed by atoms with van der Waals surface area (Å²) >= 11 is 1.48. The molecular weight excluding hydrogens is 814 g/mol. The van der Waals surface area contributed by atoms with E-state index >= 15 is 0 Å². The van der Waals surface area contributed by atoms with Crippen molar-refractivity contribution in [1.29, 1.82) is 0 Å². The van der Waals surface area contributed by atoms with E-state index in [0.29, 0.717) is 40.0 Å². The van der Waals surface area contributed by atoms with Gasteiger partial charge in [0.25, 0.3) is 17.7 Å². The molecule has 2 unspecified atom stereocenters. The Balaban J connectivity index is 0.811. The SMILES string of the molecule is CC(C)(O)c1nc2nc(C3CCC(CN4CCC(CCNc5cccc6c5C(=O)N(C5CCC(O)NC5=O)C6=O)CC4)CC3)sc2cc1NC(=O)c1cccc(C(F)(F)F)n1. The van der Waals surface area contributed by atoms with Crippen molar-refractivity contribution in [2.75, 3.05) is 36.8 Å². The minimum absolute atomic E-state index is 0.150. The predicted octanol–water partition coefficient (Wildman–Crippen LogP) is 6.27. The van der Waals surface area contributed by atoms with E-state index in [0.717, 1.165) is 86.6 Å². The first kappa shape index (κ1) is 42.6. The maximum atomic E-state index is 13.5. The van der Waals surface area contributed by atoms with E-state index in [1.165, 1.54) is 31.3 Å². The second-order valence-electron chi connectivity index (χ2n) is 17.2. The van der Waals surface area contributed by atoms with E-state index in [1.807, 2.05) is 0 Å². The molecule has 18 heteroatoms. The smallest absolute Gasteiger partial charge is 0.384 e. The molecule has 1 aliphatic carbocycles. The lowest BCUT2D eigenvalue weighted by molar-refractivity contribution is -0.141. The summed E-state index contributed by atoms with van der Waals surface area (Å²) in [5.41, 5.74) is -1.12. The number of halogens is 3. The third-order valence-electron chi connectivity index (χ3n) is 12.4. The number of imide groups is 1. The topological polar surface area (TPSA) is 190 Å². The number of aromatic nitrogens is 3. The van der Waals surface area contributed by atoms with E-state index in [-0.39, 0.29) is 35.7 Å². The molecule has 4 aromatic rings. The van der Waals surface area contributed by atoms with Crippen LogP contribution < -0.4 is 16.0 Å². The number of hydrogen-bond acceptors (Lipinski definition) is 12. The second kappa shape index (κ2) is 17.0. The minimum Gasteiger partial charge on any atom is -0.384 e. The van der Waals surface area contributed by atoms with E-state index in [2.05, 4.69) is 30.8 Å². The Morgan fingerprint density at radius 1 is 0.902 bits per heavy atom. The monoisotopic (exact) mass is 862 g/mol. The van der Waals surface area contributed by atoms with Gasteiger partial charge in [-0.2, -0.15) is 13.2 Å². The Hall–Kier alpha value is -5.04. The molecule has 2 atom stereocenters. The first-order chi connectivity index (χ1) is 29.0. The zero-order valence-electron chi connectivity index (χ0n) is 33.9. The predicted molar refractivity (Wildman–Crippen MR) is 221 cm³/mol. The van der Waals surface area contributed by atoms with Crippen LogP contribution >= 0.6 is 11.3 Å². The molecule has 0 bridgehead atoms. The normalized spacial score (nSPS) is 23.0. The zero-order valence-corrected chi connectivity index (χ0v) is 34.7. The van der Waals surface area contributed by atoms with Crippen LogP contribution in [-0.2, 0) is 16.6 Å². The Labute approximate surface area is 354 Å². The van der Waals surface area contributed by atoms with Crippen molar-refractivity contribution in [2.45, 2.75) is 102 Å². The highest BCUT2D eigenvalue weighted by Crippen LogP contribution is 2.41. The third kappa shape index (κ3) is 9.13. The number of piperidine rings is 2. The number of carbonyl (C=O) groups excluding carboxylic acids is 4. The van der Waals surface area contributed by atoms with Gasteiger partial charge in [-0.1, -0.05) is 12.1 Å². The molecule has 4 amide bonds. The molecule has 3 aliphatic heterocycles. The summed E-state index contributed by atoms with van der Waals surface area (Å²) in [7, 11) is 0. The highest BCUT2D eigenvalue weighted by Gasteiger charge is 2.45. The van der Waals surface area contributed by atoms with Crippen LogP contribution in [0.3, 0.4) is 0 Å². The van der Waals surface area contributed by atoms with E-state index < -0.39 is 59.1 Å². The van der Waals surface area contributed by atoms with E-state index in [4.69, 9.17) is 4.98 Å². The van der Waals surface area contributed by atoms with Crippen molar-refractivity contribution in [1.82, 2.24) is 30.1 Å². The molecule has 1 saturated carbocycles. The number of thiazole rings is 1. The van der Waals surface area contributed by atoms with Gasteiger partial charge in [0, 0.05) is 24.7 Å². The number of benzene rings is 1. The van der Waals surface area contributed by atoms with Gasteiger partial charge in [-0.3, -0.25) is 24.1 Å². The average Bonchev–Trinajstić information content (AvgIpc) is 3.75. The molecule has 6 heterocycles. The number of aliphatic hydroxyl groups is 2. The van der Waals surface area contributed by atoms with Crippen molar-refractivity contribution in [3.8, 4) is 0 Å². The van der Waals surface area contributed by atoms with Gasteiger partial charge in [0.15, 0.2) is 5.65 Å². The summed E-state index contributed by atoms with van der Waals surface area (Å²) in [6.45, 7) is 6.75. The van der Waals surface area contributed by atoms with Gasteiger partial charge in [0.2, 0.25) is 5.91 Å². The summed E-state index contributed by atoms with van der Waals surface area (Å²) < 4.78 is 40.5. The van der Waals surface area contributed by atoms with Crippen LogP contribution in [0.4, 0.5) is 24.5 Å². The van der Waals surface area contributed by atoms with E-state index in [9.17, 15) is 42.6 Å². The molecule has 1 aromatic carbocycles. The molecule has 0 spiro atoms. The number of nitrogens with one attached hydrogen (secondary N) is 3. The third-order valence-corrected chi connectivity index (χ3v) is 13.5. The molecule has 14 nitrogen and oxygen atoms in total. The van der Waals surface area contributed by atoms with Crippen LogP contribution in [0.5, 0.6) is 0 Å². The van der Waals surface area contributed by atoms with E-state index in [1.54, 1.807) is 24.3 Å². The number of pyridine rings is 2. The molecule has 8 rings (SSSR count). The summed E-state index contributed by atoms with van der Waals surface area (Å²) in [6.07, 6.45) is 1.93. The number of fused-ring (bicyclic) bond motifs is 2. The minimum atomic E-state index is -4.71. The fourth-order valence-corrected chi connectivity index (χ4v) is 10.2. The summed E-state index contributed by atoms with van der Waals surface area (Å²) in [4.78, 5) is 68.8. The van der Waals surface area contributed by atoms with Crippen molar-refractivity contribution in [3.63, 3.8) is 0 Å². The Kier molecular flexibility index (Phi) is 11.9. The number of aliphatic hydroxyl groups excluding tert-OH is 1. The van der Waals surface area contributed by atoms with Crippen LogP contribution in [0, 0.1) is 11.8 Å². The van der Waals surface area contributed by atoms with Gasteiger partial charge < -0.3 is 31.1 Å². The number of amides is 4. The van der Waals surface area contributed by atoms with Gasteiger partial charge in [0.05, 0.1) is 32.2 Å². The fraction of sp³-hybridized carbons (Fsp3) is 0.512. The molecule has 0 radical (unpaired) electrons. The second-order valence-corrected chi connectivity index (χ2v) is 18.2. The van der Waals surface area contributed by atoms with Gasteiger partial charge in [0.1, 0.15) is 29.3 Å². The summed E-state index contributed by atoms with van der Waals surface area (Å²) in [6, 6.07) is 8.99. The van der Waals surface area contributed by atoms with Gasteiger partial charge in [-0.05, 0) is 127 Å². The lowest BCUT2D eigenvalue weighted by atomic mass is 9.81. The standard InChI is InChI=1S/C43H49F3N8O6S/c1-42(2,60)35-29(49-37(56)28-7-4-8-32(48-28)43(44,45)46)21-31-36(51-35)52-39(61-31)25-11-9-24(10-12-25)22-53-19-16-23(17-20-53)15-18-47-27-6-3-5-26-34(27)41(59)54(40(26)58)30-13-14-33(55)50-38(30)57/h3-8,21,23-25,30,33,47,55,60H,9-20,22H2,1-2H3,(H,49,56)(H,50,57). The van der Waals surface area contributed by atoms with Crippen LogP contribution in [0.2, 0.25) is 0 Å².